The minimum atomic E-state index is -0.175. The van der Waals surface area contributed by atoms with Gasteiger partial charge in [-0.3, -0.25) is 11.3 Å². The first-order chi connectivity index (χ1) is 10.2. The van der Waals surface area contributed by atoms with Gasteiger partial charge in [-0.1, -0.05) is 43.3 Å². The number of hydrazine groups is 1. The molecule has 0 heterocycles. The monoisotopic (exact) mass is 304 g/mol. The van der Waals surface area contributed by atoms with Gasteiger partial charge < -0.3 is 0 Å². The topological polar surface area (TPSA) is 38.0 Å². The van der Waals surface area contributed by atoms with Gasteiger partial charge in [0.25, 0.3) is 0 Å². The molecule has 0 aliphatic carbocycles. The van der Waals surface area contributed by atoms with Gasteiger partial charge in [-0.2, -0.15) is 0 Å². The van der Waals surface area contributed by atoms with E-state index in [1.165, 1.54) is 29.0 Å². The summed E-state index contributed by atoms with van der Waals surface area (Å²) in [5.74, 6) is 6.18. The van der Waals surface area contributed by atoms with E-state index in [1.54, 1.807) is 12.1 Å². The SMILES string of the molecule is CCc1ccc(CC(CSc2ccccc2F)NN)cc1. The Hall–Kier alpha value is -1.36. The molecule has 0 saturated heterocycles. The van der Waals surface area contributed by atoms with Gasteiger partial charge >= 0.3 is 0 Å². The maximum absolute atomic E-state index is 13.6. The first kappa shape index (κ1) is 16.0. The van der Waals surface area contributed by atoms with Crippen molar-refractivity contribution in [2.24, 2.45) is 5.84 Å². The van der Waals surface area contributed by atoms with Crippen LogP contribution in [-0.2, 0) is 12.8 Å². The van der Waals surface area contributed by atoms with E-state index < -0.39 is 0 Å². The van der Waals surface area contributed by atoms with E-state index in [2.05, 4.69) is 36.6 Å². The summed E-state index contributed by atoms with van der Waals surface area (Å²) >= 11 is 1.49. The van der Waals surface area contributed by atoms with Gasteiger partial charge in [0.1, 0.15) is 5.82 Å². The highest BCUT2D eigenvalue weighted by molar-refractivity contribution is 7.99. The second-order valence-corrected chi connectivity index (χ2v) is 6.04. The zero-order valence-electron chi connectivity index (χ0n) is 12.2. The number of nitrogens with two attached hydrogens (primary N) is 1. The summed E-state index contributed by atoms with van der Waals surface area (Å²) in [6.07, 6.45) is 1.88. The van der Waals surface area contributed by atoms with Crippen molar-refractivity contribution in [2.45, 2.75) is 30.7 Å². The van der Waals surface area contributed by atoms with Crippen molar-refractivity contribution in [3.63, 3.8) is 0 Å². The quantitative estimate of drug-likeness (QED) is 0.467. The molecule has 0 aliphatic heterocycles. The molecule has 2 aromatic carbocycles. The fourth-order valence-corrected chi connectivity index (χ4v) is 3.09. The van der Waals surface area contributed by atoms with E-state index in [0.717, 1.165) is 18.6 Å². The number of thioether (sulfide) groups is 1. The molecule has 4 heteroatoms. The number of nitrogens with one attached hydrogen (secondary N) is 1. The van der Waals surface area contributed by atoms with Crippen LogP contribution < -0.4 is 11.3 Å². The van der Waals surface area contributed by atoms with Crippen LogP contribution in [0.1, 0.15) is 18.1 Å². The number of halogens is 1. The number of rotatable bonds is 7. The van der Waals surface area contributed by atoms with Crippen molar-refractivity contribution in [1.82, 2.24) is 5.43 Å². The summed E-state index contributed by atoms with van der Waals surface area (Å²) in [5, 5.41) is 0. The molecule has 0 saturated carbocycles. The molecular formula is C17H21FN2S. The zero-order chi connectivity index (χ0) is 15.1. The Morgan fingerprint density at radius 2 is 1.76 bits per heavy atom. The highest BCUT2D eigenvalue weighted by atomic mass is 32.2. The minimum Gasteiger partial charge on any atom is -0.271 e. The molecule has 0 fully saturated rings. The Balaban J connectivity index is 1.92. The van der Waals surface area contributed by atoms with Crippen molar-refractivity contribution in [1.29, 1.82) is 0 Å². The van der Waals surface area contributed by atoms with Crippen LogP contribution in [-0.4, -0.2) is 11.8 Å². The second-order valence-electron chi connectivity index (χ2n) is 4.98. The largest absolute Gasteiger partial charge is 0.271 e. The van der Waals surface area contributed by atoms with Crippen LogP contribution >= 0.6 is 11.8 Å². The average molecular weight is 304 g/mol. The molecule has 0 spiro atoms. The first-order valence-electron chi connectivity index (χ1n) is 7.14. The molecule has 0 aromatic heterocycles. The number of aryl methyl sites for hydroxylation is 1. The van der Waals surface area contributed by atoms with Crippen LogP contribution in [0.4, 0.5) is 4.39 Å². The van der Waals surface area contributed by atoms with Crippen molar-refractivity contribution in [3.8, 4) is 0 Å². The lowest BCUT2D eigenvalue weighted by atomic mass is 10.0. The molecule has 21 heavy (non-hydrogen) atoms. The molecule has 0 amide bonds. The minimum absolute atomic E-state index is 0.113. The highest BCUT2D eigenvalue weighted by Gasteiger charge is 2.10. The second kappa shape index (κ2) is 8.17. The molecule has 0 aliphatic rings. The Kier molecular flexibility index (Phi) is 6.23. The van der Waals surface area contributed by atoms with Crippen LogP contribution in [0.5, 0.6) is 0 Å². The fraction of sp³-hybridized carbons (Fsp3) is 0.294. The van der Waals surface area contributed by atoms with Crippen LogP contribution in [0.25, 0.3) is 0 Å². The summed E-state index contributed by atoms with van der Waals surface area (Å²) in [6.45, 7) is 2.14. The van der Waals surface area contributed by atoms with E-state index >= 15 is 0 Å². The van der Waals surface area contributed by atoms with Crippen molar-refractivity contribution in [3.05, 3.63) is 65.5 Å². The first-order valence-corrected chi connectivity index (χ1v) is 8.12. The van der Waals surface area contributed by atoms with Crippen molar-refractivity contribution in [2.75, 3.05) is 5.75 Å². The Bertz CT molecular complexity index is 557. The summed E-state index contributed by atoms with van der Waals surface area (Å²) in [7, 11) is 0. The third kappa shape index (κ3) is 4.84. The van der Waals surface area contributed by atoms with E-state index in [4.69, 9.17) is 5.84 Å². The van der Waals surface area contributed by atoms with E-state index in [-0.39, 0.29) is 11.9 Å². The van der Waals surface area contributed by atoms with Gasteiger partial charge in [0, 0.05) is 16.7 Å². The van der Waals surface area contributed by atoms with Crippen molar-refractivity contribution < 1.29 is 4.39 Å². The molecule has 1 unspecified atom stereocenters. The standard InChI is InChI=1S/C17H21FN2S/c1-2-13-7-9-14(10-8-13)11-15(20-19)12-21-17-6-4-3-5-16(17)18/h3-10,15,20H,2,11-12,19H2,1H3. The zero-order valence-corrected chi connectivity index (χ0v) is 13.0. The summed E-state index contributed by atoms with van der Waals surface area (Å²) < 4.78 is 13.6. The Labute approximate surface area is 129 Å². The molecular weight excluding hydrogens is 283 g/mol. The fourth-order valence-electron chi connectivity index (χ4n) is 2.11. The third-order valence-electron chi connectivity index (χ3n) is 3.43. The molecule has 0 bridgehead atoms. The van der Waals surface area contributed by atoms with E-state index in [9.17, 15) is 4.39 Å². The predicted molar refractivity (Wildman–Crippen MR) is 87.8 cm³/mol. The van der Waals surface area contributed by atoms with Crippen LogP contribution in [0, 0.1) is 5.82 Å². The maximum atomic E-state index is 13.6. The molecule has 0 radical (unpaired) electrons. The molecule has 3 N–H and O–H groups in total. The van der Waals surface area contributed by atoms with Crippen LogP contribution in [0.15, 0.2) is 53.4 Å². The van der Waals surface area contributed by atoms with Gasteiger partial charge in [-0.15, -0.1) is 11.8 Å². The van der Waals surface area contributed by atoms with Gasteiger partial charge in [0.05, 0.1) is 0 Å². The van der Waals surface area contributed by atoms with Gasteiger partial charge in [-0.25, -0.2) is 4.39 Å². The molecule has 2 aromatic rings. The summed E-state index contributed by atoms with van der Waals surface area (Å²) in [4.78, 5) is 0.666. The van der Waals surface area contributed by atoms with Gasteiger partial charge in [-0.05, 0) is 36.1 Å². The number of benzene rings is 2. The highest BCUT2D eigenvalue weighted by Crippen LogP contribution is 2.22. The smallest absolute Gasteiger partial charge is 0.136 e. The van der Waals surface area contributed by atoms with Crippen LogP contribution in [0.2, 0.25) is 0 Å². The van der Waals surface area contributed by atoms with Gasteiger partial charge in [0.15, 0.2) is 0 Å². The maximum Gasteiger partial charge on any atom is 0.136 e. The van der Waals surface area contributed by atoms with E-state index in [0.29, 0.717) is 4.90 Å². The molecule has 2 nitrogen and oxygen atoms in total. The van der Waals surface area contributed by atoms with E-state index in [1.807, 2.05) is 6.07 Å². The summed E-state index contributed by atoms with van der Waals surface area (Å²) in [6, 6.07) is 15.5. The van der Waals surface area contributed by atoms with Crippen molar-refractivity contribution >= 4 is 11.8 Å². The molecule has 112 valence electrons. The lowest BCUT2D eigenvalue weighted by molar-refractivity contribution is 0.573. The molecule has 2 rings (SSSR count). The lowest BCUT2D eigenvalue weighted by Gasteiger charge is -2.16. The molecule has 1 atom stereocenters. The number of hydrogen-bond acceptors (Lipinski definition) is 3. The normalized spacial score (nSPS) is 12.3. The third-order valence-corrected chi connectivity index (χ3v) is 4.64. The average Bonchev–Trinajstić information content (AvgIpc) is 2.53. The summed E-state index contributed by atoms with van der Waals surface area (Å²) in [5.41, 5.74) is 5.40. The number of hydrogen-bond donors (Lipinski definition) is 2. The Morgan fingerprint density at radius 3 is 2.38 bits per heavy atom. The van der Waals surface area contributed by atoms with Crippen LogP contribution in [0.3, 0.4) is 0 Å². The Morgan fingerprint density at radius 1 is 1.10 bits per heavy atom. The predicted octanol–water partition coefficient (Wildman–Crippen LogP) is 3.55. The lowest BCUT2D eigenvalue weighted by Crippen LogP contribution is -2.38. The van der Waals surface area contributed by atoms with Gasteiger partial charge in [0.2, 0.25) is 0 Å².